The van der Waals surface area contributed by atoms with Crippen molar-refractivity contribution < 1.29 is 24.1 Å². The molecule has 0 fully saturated rings. The van der Waals surface area contributed by atoms with Crippen molar-refractivity contribution in [1.29, 1.82) is 0 Å². The Morgan fingerprint density at radius 3 is 2.20 bits per heavy atom. The van der Waals surface area contributed by atoms with Crippen LogP contribution in [0.3, 0.4) is 0 Å². The van der Waals surface area contributed by atoms with Crippen LogP contribution in [0, 0.1) is 0 Å². The van der Waals surface area contributed by atoms with Crippen LogP contribution < -0.4 is 19.6 Å². The molecule has 0 aliphatic rings. The molecule has 0 radical (unpaired) electrons. The molecular weight excluding hydrogens is 324 g/mol. The Kier molecular flexibility index (Phi) is 6.22. The van der Waals surface area contributed by atoms with E-state index >= 15 is 0 Å². The van der Waals surface area contributed by atoms with E-state index < -0.39 is 0 Å². The van der Waals surface area contributed by atoms with E-state index in [4.69, 9.17) is 14.2 Å². The molecule has 2 aromatic carbocycles. The third-order valence-corrected chi connectivity index (χ3v) is 3.43. The lowest BCUT2D eigenvalue weighted by molar-refractivity contribution is -0.120. The van der Waals surface area contributed by atoms with Gasteiger partial charge in [-0.3, -0.25) is 4.79 Å². The highest BCUT2D eigenvalue weighted by Crippen LogP contribution is 2.36. The molecule has 2 N–H and O–H groups in total. The first kappa shape index (κ1) is 18.1. The predicted octanol–water partition coefficient (Wildman–Crippen LogP) is 2.11. The fourth-order valence-electron chi connectivity index (χ4n) is 2.14. The summed E-state index contributed by atoms with van der Waals surface area (Å²) in [5, 5.41) is 13.8. The molecule has 2 rings (SSSR count). The standard InChI is InChI=1S/C18H20N2O5/c1-23-14-6-4-12(5-7-14)10-17(21)20-19-11-13-8-15(24-2)18(22)16(9-13)25-3/h4-9,11,22H,10H2,1-3H3,(H,20,21). The number of hydrazone groups is 1. The summed E-state index contributed by atoms with van der Waals surface area (Å²) >= 11 is 0. The maximum absolute atomic E-state index is 11.9. The molecule has 0 bridgehead atoms. The van der Waals surface area contributed by atoms with Crippen molar-refractivity contribution in [2.75, 3.05) is 21.3 Å². The summed E-state index contributed by atoms with van der Waals surface area (Å²) in [6.45, 7) is 0. The predicted molar refractivity (Wildman–Crippen MR) is 93.6 cm³/mol. The summed E-state index contributed by atoms with van der Waals surface area (Å²) in [6.07, 6.45) is 1.64. The number of benzene rings is 2. The lowest BCUT2D eigenvalue weighted by atomic mass is 10.1. The van der Waals surface area contributed by atoms with E-state index in [9.17, 15) is 9.90 Å². The van der Waals surface area contributed by atoms with Gasteiger partial charge in [-0.1, -0.05) is 12.1 Å². The van der Waals surface area contributed by atoms with Gasteiger partial charge in [-0.25, -0.2) is 5.43 Å². The number of rotatable bonds is 7. The Morgan fingerprint density at radius 2 is 1.68 bits per heavy atom. The van der Waals surface area contributed by atoms with Crippen molar-refractivity contribution in [2.24, 2.45) is 5.10 Å². The third kappa shape index (κ3) is 4.87. The van der Waals surface area contributed by atoms with Crippen molar-refractivity contribution in [1.82, 2.24) is 5.43 Å². The SMILES string of the molecule is COc1ccc(CC(=O)NN=Cc2cc(OC)c(O)c(OC)c2)cc1. The first-order valence-corrected chi connectivity index (χ1v) is 7.47. The molecule has 1 amide bonds. The van der Waals surface area contributed by atoms with Gasteiger partial charge in [0.05, 0.1) is 34.0 Å². The molecule has 0 saturated carbocycles. The van der Waals surface area contributed by atoms with E-state index in [0.717, 1.165) is 11.3 Å². The zero-order chi connectivity index (χ0) is 18.2. The van der Waals surface area contributed by atoms with E-state index in [2.05, 4.69) is 10.5 Å². The smallest absolute Gasteiger partial charge is 0.244 e. The minimum atomic E-state index is -0.251. The number of phenolic OH excluding ortho intramolecular Hbond substituents is 1. The molecule has 132 valence electrons. The van der Waals surface area contributed by atoms with Crippen LogP contribution in [0.25, 0.3) is 0 Å². The summed E-state index contributed by atoms with van der Waals surface area (Å²) in [4.78, 5) is 11.9. The Balaban J connectivity index is 1.98. The average Bonchev–Trinajstić information content (AvgIpc) is 2.63. The number of hydrogen-bond donors (Lipinski definition) is 2. The summed E-state index contributed by atoms with van der Waals surface area (Å²) < 4.78 is 15.2. The van der Waals surface area contributed by atoms with Gasteiger partial charge in [0, 0.05) is 5.56 Å². The van der Waals surface area contributed by atoms with E-state index in [1.165, 1.54) is 20.4 Å². The maximum Gasteiger partial charge on any atom is 0.244 e. The van der Waals surface area contributed by atoms with Gasteiger partial charge in [-0.15, -0.1) is 0 Å². The van der Waals surface area contributed by atoms with Gasteiger partial charge in [0.25, 0.3) is 0 Å². The molecule has 0 aliphatic carbocycles. The second kappa shape index (κ2) is 8.58. The van der Waals surface area contributed by atoms with Crippen LogP contribution in [0.4, 0.5) is 0 Å². The first-order chi connectivity index (χ1) is 12.1. The molecule has 0 unspecified atom stereocenters. The number of nitrogens with one attached hydrogen (secondary N) is 1. The fraction of sp³-hybridized carbons (Fsp3) is 0.222. The van der Waals surface area contributed by atoms with Crippen LogP contribution in [0.1, 0.15) is 11.1 Å². The Hall–Kier alpha value is -3.22. The number of carbonyl (C=O) groups is 1. The van der Waals surface area contributed by atoms with Crippen molar-refractivity contribution in [3.63, 3.8) is 0 Å². The molecule has 2 aromatic rings. The zero-order valence-electron chi connectivity index (χ0n) is 14.3. The highest BCUT2D eigenvalue weighted by Gasteiger charge is 2.10. The lowest BCUT2D eigenvalue weighted by Gasteiger charge is -2.09. The second-order valence-corrected chi connectivity index (χ2v) is 5.09. The van der Waals surface area contributed by atoms with Gasteiger partial charge < -0.3 is 19.3 Å². The number of methoxy groups -OCH3 is 3. The number of ether oxygens (including phenoxy) is 3. The number of aromatic hydroxyl groups is 1. The second-order valence-electron chi connectivity index (χ2n) is 5.09. The van der Waals surface area contributed by atoms with Gasteiger partial charge in [0.2, 0.25) is 11.7 Å². The molecular formula is C18H20N2O5. The van der Waals surface area contributed by atoms with Crippen molar-refractivity contribution in [3.05, 3.63) is 47.5 Å². The topological polar surface area (TPSA) is 89.4 Å². The van der Waals surface area contributed by atoms with Crippen molar-refractivity contribution in [3.8, 4) is 23.0 Å². The Morgan fingerprint density at radius 1 is 1.08 bits per heavy atom. The molecule has 0 heterocycles. The molecule has 0 saturated heterocycles. The quantitative estimate of drug-likeness (QED) is 0.593. The highest BCUT2D eigenvalue weighted by molar-refractivity contribution is 5.84. The van der Waals surface area contributed by atoms with Crippen LogP contribution >= 0.6 is 0 Å². The van der Waals surface area contributed by atoms with Gasteiger partial charge in [0.15, 0.2) is 11.5 Å². The molecule has 25 heavy (non-hydrogen) atoms. The molecule has 7 heteroatoms. The number of nitrogens with zero attached hydrogens (tertiary/aromatic N) is 1. The minimum Gasteiger partial charge on any atom is -0.502 e. The van der Waals surface area contributed by atoms with Gasteiger partial charge in [-0.05, 0) is 29.8 Å². The first-order valence-electron chi connectivity index (χ1n) is 7.47. The molecule has 0 spiro atoms. The number of carbonyl (C=O) groups excluding carboxylic acids is 1. The third-order valence-electron chi connectivity index (χ3n) is 3.43. The number of phenols is 1. The summed E-state index contributed by atoms with van der Waals surface area (Å²) in [7, 11) is 4.46. The van der Waals surface area contributed by atoms with E-state index in [-0.39, 0.29) is 29.6 Å². The van der Waals surface area contributed by atoms with E-state index in [1.54, 1.807) is 31.4 Å². The largest absolute Gasteiger partial charge is 0.502 e. The van der Waals surface area contributed by atoms with Gasteiger partial charge in [0.1, 0.15) is 5.75 Å². The average molecular weight is 344 g/mol. The van der Waals surface area contributed by atoms with Crippen LogP contribution in [-0.2, 0) is 11.2 Å². The maximum atomic E-state index is 11.9. The summed E-state index contributed by atoms with van der Waals surface area (Å²) in [5.74, 6) is 0.901. The Labute approximate surface area is 145 Å². The molecule has 0 aliphatic heterocycles. The van der Waals surface area contributed by atoms with Crippen LogP contribution in [0.15, 0.2) is 41.5 Å². The summed E-state index contributed by atoms with van der Waals surface area (Å²) in [6, 6.07) is 10.4. The minimum absolute atomic E-state index is 0.0920. The van der Waals surface area contributed by atoms with Crippen LogP contribution in [0.5, 0.6) is 23.0 Å². The lowest BCUT2D eigenvalue weighted by Crippen LogP contribution is -2.19. The summed E-state index contributed by atoms with van der Waals surface area (Å²) in [5.41, 5.74) is 3.91. The molecule has 7 nitrogen and oxygen atoms in total. The Bertz CT molecular complexity index is 732. The van der Waals surface area contributed by atoms with E-state index in [1.807, 2.05) is 12.1 Å². The van der Waals surface area contributed by atoms with E-state index in [0.29, 0.717) is 5.56 Å². The molecule has 0 atom stereocenters. The van der Waals surface area contributed by atoms with Gasteiger partial charge >= 0.3 is 0 Å². The highest BCUT2D eigenvalue weighted by atomic mass is 16.5. The van der Waals surface area contributed by atoms with Gasteiger partial charge in [-0.2, -0.15) is 5.10 Å². The monoisotopic (exact) mass is 344 g/mol. The van der Waals surface area contributed by atoms with Crippen LogP contribution in [0.2, 0.25) is 0 Å². The van der Waals surface area contributed by atoms with Crippen LogP contribution in [-0.4, -0.2) is 38.6 Å². The fourth-order valence-corrected chi connectivity index (χ4v) is 2.14. The number of amides is 1. The molecule has 0 aromatic heterocycles. The number of hydrogen-bond acceptors (Lipinski definition) is 6. The zero-order valence-corrected chi connectivity index (χ0v) is 14.3. The normalized spacial score (nSPS) is 10.5. The van der Waals surface area contributed by atoms with Crippen molar-refractivity contribution >= 4 is 12.1 Å². The van der Waals surface area contributed by atoms with Crippen molar-refractivity contribution in [2.45, 2.75) is 6.42 Å².